The number of hydrogen-bond donors (Lipinski definition) is 1. The summed E-state index contributed by atoms with van der Waals surface area (Å²) in [6, 6.07) is 4.83. The lowest BCUT2D eigenvalue weighted by atomic mass is 10.2. The molecule has 1 atom stereocenters. The largest absolute Gasteiger partial charge is 0.740 e. The Hall–Kier alpha value is -1.27. The van der Waals surface area contributed by atoms with E-state index in [2.05, 4.69) is 4.18 Å². The molecule has 0 saturated carbocycles. The van der Waals surface area contributed by atoms with E-state index in [1.807, 2.05) is 0 Å². The zero-order chi connectivity index (χ0) is 10.7. The van der Waals surface area contributed by atoms with Crippen LogP contribution in [0.4, 0.5) is 11.4 Å². The first kappa shape index (κ1) is 10.8. The molecule has 78 valence electrons. The van der Waals surface area contributed by atoms with Gasteiger partial charge in [-0.25, -0.2) is 4.21 Å². The van der Waals surface area contributed by atoms with Gasteiger partial charge in [0.2, 0.25) is 0 Å². The summed E-state index contributed by atoms with van der Waals surface area (Å²) in [6.45, 7) is 0. The second-order valence-electron chi connectivity index (χ2n) is 2.91. The highest BCUT2D eigenvalue weighted by Crippen LogP contribution is 2.29. The lowest BCUT2D eigenvalue weighted by Gasteiger charge is -2.18. The Morgan fingerprint density at radius 2 is 2.14 bits per heavy atom. The molecule has 0 aliphatic rings. The highest BCUT2D eigenvalue weighted by atomic mass is 32.2. The maximum Gasteiger partial charge on any atom is 0.164 e. The quantitative estimate of drug-likeness (QED) is 0.587. The van der Waals surface area contributed by atoms with Gasteiger partial charge in [0.25, 0.3) is 0 Å². The Morgan fingerprint density at radius 3 is 2.64 bits per heavy atom. The van der Waals surface area contributed by atoms with Gasteiger partial charge in [-0.05, 0) is 12.1 Å². The lowest BCUT2D eigenvalue weighted by molar-refractivity contribution is 0.440. The third kappa shape index (κ3) is 2.61. The van der Waals surface area contributed by atoms with E-state index < -0.39 is 11.4 Å². The normalized spacial score (nSPS) is 12.2. The van der Waals surface area contributed by atoms with Crippen LogP contribution in [0.2, 0.25) is 0 Å². The minimum Gasteiger partial charge on any atom is -0.740 e. The molecule has 0 aliphatic carbocycles. The fraction of sp³-hybridized carbons (Fsp3) is 0.250. The van der Waals surface area contributed by atoms with Crippen LogP contribution in [-0.2, 0) is 11.4 Å². The minimum absolute atomic E-state index is 0.225. The van der Waals surface area contributed by atoms with Crippen LogP contribution in [0.1, 0.15) is 0 Å². The van der Waals surface area contributed by atoms with Gasteiger partial charge < -0.3 is 19.4 Å². The molecule has 0 spiro atoms. The van der Waals surface area contributed by atoms with E-state index >= 15 is 0 Å². The molecule has 14 heavy (non-hydrogen) atoms. The molecule has 0 bridgehead atoms. The zero-order valence-electron chi connectivity index (χ0n) is 7.89. The highest BCUT2D eigenvalue weighted by Gasteiger charge is 2.06. The first-order valence-corrected chi connectivity index (χ1v) is 4.85. The number of nitrogens with two attached hydrogens (primary N) is 1. The van der Waals surface area contributed by atoms with Gasteiger partial charge in [-0.1, -0.05) is 0 Å². The second-order valence-corrected chi connectivity index (χ2v) is 3.48. The van der Waals surface area contributed by atoms with E-state index in [-0.39, 0.29) is 5.75 Å². The molecule has 2 N–H and O–H groups in total. The van der Waals surface area contributed by atoms with Crippen LogP contribution in [0.25, 0.3) is 0 Å². The summed E-state index contributed by atoms with van der Waals surface area (Å²) in [4.78, 5) is 1.74. The predicted molar refractivity (Wildman–Crippen MR) is 54.7 cm³/mol. The van der Waals surface area contributed by atoms with Gasteiger partial charge in [-0.3, -0.25) is 0 Å². The molecule has 0 aromatic heterocycles. The van der Waals surface area contributed by atoms with E-state index in [0.29, 0.717) is 11.4 Å². The Bertz CT molecular complexity index is 354. The fourth-order valence-corrected chi connectivity index (χ4v) is 1.32. The number of hydrogen-bond acceptors (Lipinski definition) is 5. The molecular formula is C8H11N2O3S-. The smallest absolute Gasteiger partial charge is 0.164 e. The van der Waals surface area contributed by atoms with Crippen molar-refractivity contribution in [1.29, 1.82) is 0 Å². The molecular weight excluding hydrogens is 204 g/mol. The Labute approximate surface area is 85.0 Å². The molecule has 0 radical (unpaired) electrons. The summed E-state index contributed by atoms with van der Waals surface area (Å²) >= 11 is -2.58. The third-order valence-corrected chi connectivity index (χ3v) is 1.94. The summed E-state index contributed by atoms with van der Waals surface area (Å²) in [5, 5.41) is 0. The average molecular weight is 215 g/mol. The number of rotatable bonds is 3. The number of benzene rings is 1. The molecule has 6 heteroatoms. The van der Waals surface area contributed by atoms with E-state index in [0.717, 1.165) is 0 Å². The minimum atomic E-state index is -2.58. The van der Waals surface area contributed by atoms with Crippen LogP contribution in [0.5, 0.6) is 5.75 Å². The first-order valence-electron chi connectivity index (χ1n) is 3.85. The standard InChI is InChI=1S/C8H12N2O3S/c1-10(2)7-4-3-6(9)5-8(7)13-14(11)12/h3-5H,9H2,1-2H3,(H,11,12)/p-1. The van der Waals surface area contributed by atoms with E-state index in [4.69, 9.17) is 5.73 Å². The lowest BCUT2D eigenvalue weighted by Crippen LogP contribution is -2.11. The highest BCUT2D eigenvalue weighted by molar-refractivity contribution is 7.74. The van der Waals surface area contributed by atoms with Crippen molar-refractivity contribution >= 4 is 22.7 Å². The molecule has 0 fully saturated rings. The topological polar surface area (TPSA) is 78.6 Å². The molecule has 1 rings (SSSR count). The van der Waals surface area contributed by atoms with Crippen LogP contribution in [0, 0.1) is 0 Å². The summed E-state index contributed by atoms with van der Waals surface area (Å²) in [5.74, 6) is 0.225. The van der Waals surface area contributed by atoms with Crippen molar-refractivity contribution in [2.45, 2.75) is 0 Å². The van der Waals surface area contributed by atoms with Gasteiger partial charge in [0, 0.05) is 25.8 Å². The Morgan fingerprint density at radius 1 is 1.50 bits per heavy atom. The van der Waals surface area contributed by atoms with Gasteiger partial charge in [0.15, 0.2) is 5.75 Å². The summed E-state index contributed by atoms with van der Waals surface area (Å²) < 4.78 is 25.3. The van der Waals surface area contributed by atoms with Crippen LogP contribution >= 0.6 is 0 Å². The van der Waals surface area contributed by atoms with Gasteiger partial charge in [0.05, 0.1) is 5.69 Å². The van der Waals surface area contributed by atoms with Crippen molar-refractivity contribution in [2.75, 3.05) is 24.7 Å². The zero-order valence-corrected chi connectivity index (χ0v) is 8.71. The van der Waals surface area contributed by atoms with Crippen molar-refractivity contribution in [3.05, 3.63) is 18.2 Å². The van der Waals surface area contributed by atoms with Crippen LogP contribution in [-0.4, -0.2) is 22.9 Å². The molecule has 0 saturated heterocycles. The van der Waals surface area contributed by atoms with Gasteiger partial charge >= 0.3 is 0 Å². The van der Waals surface area contributed by atoms with Gasteiger partial charge in [-0.15, -0.1) is 0 Å². The number of anilines is 2. The molecule has 0 amide bonds. The van der Waals surface area contributed by atoms with Crippen molar-refractivity contribution in [1.82, 2.24) is 0 Å². The van der Waals surface area contributed by atoms with Crippen molar-refractivity contribution in [2.24, 2.45) is 0 Å². The molecule has 5 nitrogen and oxygen atoms in total. The molecule has 1 unspecified atom stereocenters. The predicted octanol–water partition coefficient (Wildman–Crippen LogP) is 0.508. The molecule has 0 heterocycles. The summed E-state index contributed by atoms with van der Waals surface area (Å²) in [6.07, 6.45) is 0. The Kier molecular flexibility index (Phi) is 3.32. The summed E-state index contributed by atoms with van der Waals surface area (Å²) in [5.41, 5.74) is 6.61. The number of nitrogens with zero attached hydrogens (tertiary/aromatic N) is 1. The SMILES string of the molecule is CN(C)c1ccc(N)cc1OS(=O)[O-]. The monoisotopic (exact) mass is 215 g/mol. The summed E-state index contributed by atoms with van der Waals surface area (Å²) in [7, 11) is 3.57. The second kappa shape index (κ2) is 4.30. The maximum atomic E-state index is 10.4. The number of nitrogen functional groups attached to an aromatic ring is 1. The van der Waals surface area contributed by atoms with Crippen LogP contribution < -0.4 is 14.8 Å². The van der Waals surface area contributed by atoms with Crippen molar-refractivity contribution in [3.8, 4) is 5.75 Å². The van der Waals surface area contributed by atoms with Crippen molar-refractivity contribution < 1.29 is 12.9 Å². The fourth-order valence-electron chi connectivity index (χ4n) is 1.04. The van der Waals surface area contributed by atoms with E-state index in [1.54, 1.807) is 31.1 Å². The van der Waals surface area contributed by atoms with Crippen molar-refractivity contribution in [3.63, 3.8) is 0 Å². The average Bonchev–Trinajstić information content (AvgIpc) is 2.01. The van der Waals surface area contributed by atoms with Crippen LogP contribution in [0.15, 0.2) is 18.2 Å². The molecule has 0 aliphatic heterocycles. The first-order chi connectivity index (χ1) is 6.50. The van der Waals surface area contributed by atoms with E-state index in [9.17, 15) is 8.76 Å². The van der Waals surface area contributed by atoms with Gasteiger partial charge in [0.1, 0.15) is 11.4 Å². The molecule has 1 aromatic rings. The van der Waals surface area contributed by atoms with Gasteiger partial charge in [-0.2, -0.15) is 0 Å². The third-order valence-electron chi connectivity index (χ3n) is 1.62. The maximum absolute atomic E-state index is 10.4. The molecule has 1 aromatic carbocycles. The van der Waals surface area contributed by atoms with Crippen LogP contribution in [0.3, 0.4) is 0 Å². The Balaban J connectivity index is 3.09. The van der Waals surface area contributed by atoms with E-state index in [1.165, 1.54) is 6.07 Å².